The van der Waals surface area contributed by atoms with Crippen LogP contribution in [0.15, 0.2) is 0 Å². The van der Waals surface area contributed by atoms with Crippen molar-refractivity contribution in [2.75, 3.05) is 46.8 Å². The van der Waals surface area contributed by atoms with E-state index in [0.29, 0.717) is 0 Å². The summed E-state index contributed by atoms with van der Waals surface area (Å²) in [6, 6.07) is 0. The molecule has 0 saturated heterocycles. The van der Waals surface area contributed by atoms with Crippen molar-refractivity contribution in [1.29, 1.82) is 0 Å². The van der Waals surface area contributed by atoms with Crippen LogP contribution in [-0.2, 0) is 0 Å². The standard InChI is InChI=1S/C11H28N4/c1-13-7-4-11(3-6-12)5-8-15-10-9-14-2/h11,13-15H,3-10,12H2,1-2H3. The zero-order chi connectivity index (χ0) is 11.4. The number of likely N-dealkylation sites (N-methyl/N-ethyl adjacent to an activating group) is 1. The van der Waals surface area contributed by atoms with E-state index in [1.165, 1.54) is 12.8 Å². The summed E-state index contributed by atoms with van der Waals surface area (Å²) in [5.74, 6) is 0.768. The SMILES string of the molecule is CNCCNCCC(CCN)CCNC. The molecule has 0 rings (SSSR count). The van der Waals surface area contributed by atoms with Crippen molar-refractivity contribution >= 4 is 0 Å². The van der Waals surface area contributed by atoms with E-state index in [1.807, 2.05) is 14.1 Å². The smallest absolute Gasteiger partial charge is 0.00766 e. The second kappa shape index (κ2) is 11.9. The number of nitrogens with two attached hydrogens (primary N) is 1. The average Bonchev–Trinajstić information content (AvgIpc) is 2.25. The highest BCUT2D eigenvalue weighted by Crippen LogP contribution is 2.10. The molecule has 0 saturated carbocycles. The zero-order valence-corrected chi connectivity index (χ0v) is 10.3. The van der Waals surface area contributed by atoms with Crippen LogP contribution < -0.4 is 21.7 Å². The summed E-state index contributed by atoms with van der Waals surface area (Å²) in [6.45, 7) is 5.11. The van der Waals surface area contributed by atoms with Gasteiger partial charge in [0.05, 0.1) is 0 Å². The van der Waals surface area contributed by atoms with Gasteiger partial charge in [0, 0.05) is 13.1 Å². The van der Waals surface area contributed by atoms with Crippen LogP contribution in [0.25, 0.3) is 0 Å². The summed E-state index contributed by atoms with van der Waals surface area (Å²) in [7, 11) is 3.98. The van der Waals surface area contributed by atoms with Crippen molar-refractivity contribution in [3.63, 3.8) is 0 Å². The van der Waals surface area contributed by atoms with Gasteiger partial charge < -0.3 is 21.7 Å². The van der Waals surface area contributed by atoms with Crippen LogP contribution in [0.2, 0.25) is 0 Å². The van der Waals surface area contributed by atoms with Crippen LogP contribution in [0.5, 0.6) is 0 Å². The fourth-order valence-electron chi connectivity index (χ4n) is 1.66. The number of hydrogen-bond acceptors (Lipinski definition) is 4. The van der Waals surface area contributed by atoms with E-state index >= 15 is 0 Å². The Morgan fingerprint density at radius 3 is 2.13 bits per heavy atom. The number of hydrogen-bond donors (Lipinski definition) is 4. The van der Waals surface area contributed by atoms with E-state index < -0.39 is 0 Å². The predicted molar refractivity (Wildman–Crippen MR) is 67.1 cm³/mol. The lowest BCUT2D eigenvalue weighted by molar-refractivity contribution is 0.408. The molecular weight excluding hydrogens is 188 g/mol. The Morgan fingerprint density at radius 2 is 1.53 bits per heavy atom. The minimum atomic E-state index is 0.768. The van der Waals surface area contributed by atoms with Gasteiger partial charge in [-0.15, -0.1) is 0 Å². The Labute approximate surface area is 94.4 Å². The fourth-order valence-corrected chi connectivity index (χ4v) is 1.66. The zero-order valence-electron chi connectivity index (χ0n) is 10.3. The third-order valence-corrected chi connectivity index (χ3v) is 2.66. The summed E-state index contributed by atoms with van der Waals surface area (Å²) in [6.07, 6.45) is 3.62. The lowest BCUT2D eigenvalue weighted by Crippen LogP contribution is -2.27. The molecule has 0 heterocycles. The molecule has 4 heteroatoms. The molecule has 0 aliphatic rings. The first-order valence-corrected chi connectivity index (χ1v) is 6.05. The molecule has 5 N–H and O–H groups in total. The van der Waals surface area contributed by atoms with Crippen LogP contribution in [0.3, 0.4) is 0 Å². The largest absolute Gasteiger partial charge is 0.330 e. The molecular formula is C11H28N4. The first-order valence-electron chi connectivity index (χ1n) is 6.05. The minimum Gasteiger partial charge on any atom is -0.330 e. The second-order valence-corrected chi connectivity index (χ2v) is 3.98. The third kappa shape index (κ3) is 10.1. The topological polar surface area (TPSA) is 62.1 Å². The van der Waals surface area contributed by atoms with Crippen molar-refractivity contribution in [2.45, 2.75) is 19.3 Å². The van der Waals surface area contributed by atoms with Gasteiger partial charge in [-0.1, -0.05) is 0 Å². The Morgan fingerprint density at radius 1 is 0.867 bits per heavy atom. The van der Waals surface area contributed by atoms with E-state index in [4.69, 9.17) is 5.73 Å². The van der Waals surface area contributed by atoms with E-state index in [-0.39, 0.29) is 0 Å². The van der Waals surface area contributed by atoms with Gasteiger partial charge in [-0.2, -0.15) is 0 Å². The van der Waals surface area contributed by atoms with Gasteiger partial charge in [0.1, 0.15) is 0 Å². The molecule has 0 aromatic heterocycles. The van der Waals surface area contributed by atoms with Crippen molar-refractivity contribution < 1.29 is 0 Å². The van der Waals surface area contributed by atoms with Crippen LogP contribution >= 0.6 is 0 Å². The molecule has 0 amide bonds. The molecule has 4 nitrogen and oxygen atoms in total. The first-order chi connectivity index (χ1) is 7.35. The lowest BCUT2D eigenvalue weighted by atomic mass is 9.97. The van der Waals surface area contributed by atoms with Gasteiger partial charge in [0.25, 0.3) is 0 Å². The van der Waals surface area contributed by atoms with Gasteiger partial charge in [-0.3, -0.25) is 0 Å². The predicted octanol–water partition coefficient (Wildman–Crippen LogP) is -0.240. The van der Waals surface area contributed by atoms with Crippen molar-refractivity contribution in [2.24, 2.45) is 11.7 Å². The van der Waals surface area contributed by atoms with Crippen molar-refractivity contribution in [1.82, 2.24) is 16.0 Å². The van der Waals surface area contributed by atoms with Gasteiger partial charge in [0.15, 0.2) is 0 Å². The summed E-state index contributed by atoms with van der Waals surface area (Å²) in [4.78, 5) is 0. The van der Waals surface area contributed by atoms with Crippen LogP contribution in [-0.4, -0.2) is 46.8 Å². The fraction of sp³-hybridized carbons (Fsp3) is 1.00. The molecule has 15 heavy (non-hydrogen) atoms. The minimum absolute atomic E-state index is 0.768. The van der Waals surface area contributed by atoms with Crippen molar-refractivity contribution in [3.05, 3.63) is 0 Å². The monoisotopic (exact) mass is 216 g/mol. The highest BCUT2D eigenvalue weighted by molar-refractivity contribution is 4.63. The Hall–Kier alpha value is -0.160. The van der Waals surface area contributed by atoms with Gasteiger partial charge in [-0.25, -0.2) is 0 Å². The molecule has 0 aromatic carbocycles. The maximum absolute atomic E-state index is 5.60. The summed E-state index contributed by atoms with van der Waals surface area (Å²) in [5.41, 5.74) is 5.60. The summed E-state index contributed by atoms with van der Waals surface area (Å²) >= 11 is 0. The molecule has 0 aliphatic carbocycles. The van der Waals surface area contributed by atoms with E-state index in [9.17, 15) is 0 Å². The summed E-state index contributed by atoms with van der Waals surface area (Å²) in [5, 5.41) is 9.75. The summed E-state index contributed by atoms with van der Waals surface area (Å²) < 4.78 is 0. The Kier molecular flexibility index (Phi) is 11.8. The average molecular weight is 216 g/mol. The second-order valence-electron chi connectivity index (χ2n) is 3.98. The maximum Gasteiger partial charge on any atom is 0.00766 e. The molecule has 0 radical (unpaired) electrons. The molecule has 1 atom stereocenters. The molecule has 1 unspecified atom stereocenters. The molecule has 0 bridgehead atoms. The van der Waals surface area contributed by atoms with Gasteiger partial charge in [-0.05, 0) is 58.9 Å². The van der Waals surface area contributed by atoms with Crippen molar-refractivity contribution in [3.8, 4) is 0 Å². The third-order valence-electron chi connectivity index (χ3n) is 2.66. The van der Waals surface area contributed by atoms with Gasteiger partial charge in [0.2, 0.25) is 0 Å². The normalized spacial score (nSPS) is 13.0. The molecule has 0 spiro atoms. The van der Waals surface area contributed by atoms with Crippen LogP contribution in [0, 0.1) is 5.92 Å². The van der Waals surface area contributed by atoms with Crippen LogP contribution in [0.4, 0.5) is 0 Å². The lowest BCUT2D eigenvalue weighted by Gasteiger charge is -2.16. The highest BCUT2D eigenvalue weighted by Gasteiger charge is 2.06. The molecule has 92 valence electrons. The Bertz CT molecular complexity index is 119. The highest BCUT2D eigenvalue weighted by atomic mass is 14.9. The number of rotatable bonds is 11. The Balaban J connectivity index is 3.38. The molecule has 0 aliphatic heterocycles. The first kappa shape index (κ1) is 14.8. The van der Waals surface area contributed by atoms with E-state index in [0.717, 1.165) is 45.1 Å². The van der Waals surface area contributed by atoms with E-state index in [1.54, 1.807) is 0 Å². The van der Waals surface area contributed by atoms with E-state index in [2.05, 4.69) is 16.0 Å². The number of nitrogens with one attached hydrogen (secondary N) is 3. The quantitative estimate of drug-likeness (QED) is 0.360. The van der Waals surface area contributed by atoms with Crippen LogP contribution in [0.1, 0.15) is 19.3 Å². The molecule has 0 fully saturated rings. The maximum atomic E-state index is 5.60. The molecule has 0 aromatic rings. The van der Waals surface area contributed by atoms with Gasteiger partial charge >= 0.3 is 0 Å².